The summed E-state index contributed by atoms with van der Waals surface area (Å²) in [7, 11) is 0. The second-order valence-electron chi connectivity index (χ2n) is 5.10. The van der Waals surface area contributed by atoms with Gasteiger partial charge in [-0.1, -0.05) is 11.8 Å². The summed E-state index contributed by atoms with van der Waals surface area (Å²) in [6.45, 7) is 2.73. The maximum absolute atomic E-state index is 12.8. The van der Waals surface area contributed by atoms with Crippen LogP contribution in [0.3, 0.4) is 0 Å². The van der Waals surface area contributed by atoms with Gasteiger partial charge in [-0.2, -0.15) is 0 Å². The van der Waals surface area contributed by atoms with E-state index in [4.69, 9.17) is 9.15 Å². The van der Waals surface area contributed by atoms with Crippen LogP contribution in [0.25, 0.3) is 0 Å². The Hall–Kier alpha value is -2.13. The van der Waals surface area contributed by atoms with Crippen molar-refractivity contribution in [3.8, 4) is 0 Å². The number of rotatable bonds is 6. The van der Waals surface area contributed by atoms with E-state index in [9.17, 15) is 9.18 Å². The van der Waals surface area contributed by atoms with Gasteiger partial charge in [0.15, 0.2) is 0 Å². The van der Waals surface area contributed by atoms with Crippen molar-refractivity contribution in [3.05, 3.63) is 36.0 Å². The molecule has 1 aromatic carbocycles. The maximum Gasteiger partial charge on any atom is 0.277 e. The van der Waals surface area contributed by atoms with Crippen molar-refractivity contribution in [2.75, 3.05) is 37.4 Å². The zero-order valence-electron chi connectivity index (χ0n) is 12.9. The Kier molecular flexibility index (Phi) is 5.65. The van der Waals surface area contributed by atoms with Gasteiger partial charge in [0.2, 0.25) is 11.8 Å². The Balaban J connectivity index is 1.44. The van der Waals surface area contributed by atoms with E-state index in [0.29, 0.717) is 44.0 Å². The molecule has 2 heterocycles. The van der Waals surface area contributed by atoms with E-state index in [1.165, 1.54) is 23.9 Å². The summed E-state index contributed by atoms with van der Waals surface area (Å²) >= 11 is 1.22. The number of ether oxygens (including phenoxy) is 1. The first-order chi connectivity index (χ1) is 11.7. The van der Waals surface area contributed by atoms with Crippen LogP contribution in [0.5, 0.6) is 0 Å². The summed E-state index contributed by atoms with van der Waals surface area (Å²) < 4.78 is 23.5. The van der Waals surface area contributed by atoms with Crippen molar-refractivity contribution in [2.24, 2.45) is 0 Å². The van der Waals surface area contributed by atoms with Crippen molar-refractivity contribution >= 4 is 23.4 Å². The van der Waals surface area contributed by atoms with E-state index in [1.54, 1.807) is 17.0 Å². The monoisotopic (exact) mass is 352 g/mol. The Morgan fingerprint density at radius 2 is 2.00 bits per heavy atom. The zero-order chi connectivity index (χ0) is 16.8. The first kappa shape index (κ1) is 16.7. The van der Waals surface area contributed by atoms with Crippen molar-refractivity contribution in [2.45, 2.75) is 11.8 Å². The third-order valence-electron chi connectivity index (χ3n) is 3.42. The van der Waals surface area contributed by atoms with Crippen molar-refractivity contribution in [1.82, 2.24) is 15.1 Å². The Morgan fingerprint density at radius 1 is 1.25 bits per heavy atom. The number of nitrogens with zero attached hydrogens (tertiary/aromatic N) is 3. The van der Waals surface area contributed by atoms with Crippen LogP contribution in [0, 0.1) is 5.82 Å². The average Bonchev–Trinajstić information content (AvgIpc) is 3.08. The van der Waals surface area contributed by atoms with Gasteiger partial charge in [-0.3, -0.25) is 4.79 Å². The van der Waals surface area contributed by atoms with Gasteiger partial charge in [0.05, 0.1) is 25.5 Å². The number of nitrogens with one attached hydrogen (secondary N) is 1. The van der Waals surface area contributed by atoms with Gasteiger partial charge in [0.1, 0.15) is 5.82 Å². The lowest BCUT2D eigenvalue weighted by molar-refractivity contribution is -0.132. The molecule has 24 heavy (non-hydrogen) atoms. The molecule has 128 valence electrons. The molecule has 1 aliphatic rings. The molecule has 3 rings (SSSR count). The van der Waals surface area contributed by atoms with Gasteiger partial charge in [-0.15, -0.1) is 10.2 Å². The topological polar surface area (TPSA) is 80.5 Å². The summed E-state index contributed by atoms with van der Waals surface area (Å²) in [5, 5.41) is 11.2. The predicted octanol–water partition coefficient (Wildman–Crippen LogP) is 1.77. The molecule has 0 saturated carbocycles. The van der Waals surface area contributed by atoms with E-state index in [2.05, 4.69) is 15.5 Å². The second kappa shape index (κ2) is 8.11. The minimum absolute atomic E-state index is 0.0347. The van der Waals surface area contributed by atoms with Crippen LogP contribution >= 0.6 is 11.8 Å². The highest BCUT2D eigenvalue weighted by Gasteiger charge is 2.18. The molecule has 1 amide bonds. The van der Waals surface area contributed by atoms with Gasteiger partial charge >= 0.3 is 0 Å². The molecule has 0 unspecified atom stereocenters. The third kappa shape index (κ3) is 4.68. The normalized spacial score (nSPS) is 14.6. The van der Waals surface area contributed by atoms with Crippen LogP contribution in [0.2, 0.25) is 0 Å². The molecule has 0 spiro atoms. The van der Waals surface area contributed by atoms with Crippen LogP contribution in [-0.4, -0.2) is 53.1 Å². The highest BCUT2D eigenvalue weighted by atomic mass is 32.2. The SMILES string of the molecule is O=C(CSc1nnc(CNc2ccc(F)cc2)o1)N1CCOCC1. The van der Waals surface area contributed by atoms with Crippen molar-refractivity contribution in [1.29, 1.82) is 0 Å². The highest BCUT2D eigenvalue weighted by molar-refractivity contribution is 7.99. The molecule has 9 heteroatoms. The molecule has 0 radical (unpaired) electrons. The number of hydrogen-bond donors (Lipinski definition) is 1. The van der Waals surface area contributed by atoms with Crippen LogP contribution in [0.4, 0.5) is 10.1 Å². The zero-order valence-corrected chi connectivity index (χ0v) is 13.7. The lowest BCUT2D eigenvalue weighted by atomic mass is 10.3. The summed E-state index contributed by atoms with van der Waals surface area (Å²) in [6.07, 6.45) is 0. The van der Waals surface area contributed by atoms with Gasteiger partial charge in [0, 0.05) is 18.8 Å². The minimum Gasteiger partial charge on any atom is -0.414 e. The van der Waals surface area contributed by atoms with Crippen LogP contribution in [0.1, 0.15) is 5.89 Å². The fraction of sp³-hybridized carbons (Fsp3) is 0.400. The Labute approximate surface area is 142 Å². The number of benzene rings is 1. The molecule has 2 aromatic rings. The number of amides is 1. The van der Waals surface area contributed by atoms with Gasteiger partial charge in [-0.05, 0) is 24.3 Å². The summed E-state index contributed by atoms with van der Waals surface area (Å²) in [5.41, 5.74) is 0.756. The number of thioether (sulfide) groups is 1. The Bertz CT molecular complexity index is 674. The molecule has 1 N–H and O–H groups in total. The number of morpholine rings is 1. The molecule has 0 aliphatic carbocycles. The van der Waals surface area contributed by atoms with E-state index in [1.807, 2.05) is 0 Å². The minimum atomic E-state index is -0.290. The lowest BCUT2D eigenvalue weighted by Gasteiger charge is -2.26. The fourth-order valence-electron chi connectivity index (χ4n) is 2.14. The van der Waals surface area contributed by atoms with Crippen LogP contribution < -0.4 is 5.32 Å². The largest absolute Gasteiger partial charge is 0.414 e. The molecule has 7 nitrogen and oxygen atoms in total. The number of hydrogen-bond acceptors (Lipinski definition) is 7. The molecule has 0 atom stereocenters. The molecular formula is C15H17FN4O3S. The second-order valence-corrected chi connectivity index (χ2v) is 6.03. The van der Waals surface area contributed by atoms with E-state index < -0.39 is 0 Å². The third-order valence-corrected chi connectivity index (χ3v) is 4.22. The van der Waals surface area contributed by atoms with Gasteiger partial charge < -0.3 is 19.4 Å². The standard InChI is InChI=1S/C15H17FN4O3S/c16-11-1-3-12(4-2-11)17-9-13-18-19-15(23-13)24-10-14(21)20-5-7-22-8-6-20/h1-4,17H,5-10H2. The summed E-state index contributed by atoms with van der Waals surface area (Å²) in [5.74, 6) is 0.405. The highest BCUT2D eigenvalue weighted by Crippen LogP contribution is 2.18. The number of carbonyl (C=O) groups is 1. The van der Waals surface area contributed by atoms with Crippen LogP contribution in [0.15, 0.2) is 33.9 Å². The number of aromatic nitrogens is 2. The fourth-order valence-corrected chi connectivity index (χ4v) is 2.82. The number of carbonyl (C=O) groups excluding carboxylic acids is 1. The number of halogens is 1. The van der Waals surface area contributed by atoms with Gasteiger partial charge in [0.25, 0.3) is 5.22 Å². The van der Waals surface area contributed by atoms with E-state index in [0.717, 1.165) is 5.69 Å². The Morgan fingerprint density at radius 3 is 2.75 bits per heavy atom. The molecule has 1 aliphatic heterocycles. The molecule has 1 fully saturated rings. The average molecular weight is 352 g/mol. The van der Waals surface area contributed by atoms with Crippen molar-refractivity contribution < 1.29 is 18.3 Å². The quantitative estimate of drug-likeness (QED) is 0.794. The van der Waals surface area contributed by atoms with Crippen LogP contribution in [-0.2, 0) is 16.1 Å². The maximum atomic E-state index is 12.8. The first-order valence-corrected chi connectivity index (χ1v) is 8.49. The number of anilines is 1. The lowest BCUT2D eigenvalue weighted by Crippen LogP contribution is -2.41. The molecule has 1 saturated heterocycles. The molecular weight excluding hydrogens is 335 g/mol. The van der Waals surface area contributed by atoms with Crippen molar-refractivity contribution in [3.63, 3.8) is 0 Å². The molecule has 1 aromatic heterocycles. The summed E-state index contributed by atoms with van der Waals surface area (Å²) in [4.78, 5) is 13.8. The van der Waals surface area contributed by atoms with E-state index >= 15 is 0 Å². The predicted molar refractivity (Wildman–Crippen MR) is 86.1 cm³/mol. The molecule has 0 bridgehead atoms. The smallest absolute Gasteiger partial charge is 0.277 e. The first-order valence-electron chi connectivity index (χ1n) is 7.51. The summed E-state index contributed by atoms with van der Waals surface area (Å²) in [6, 6.07) is 5.99. The van der Waals surface area contributed by atoms with E-state index in [-0.39, 0.29) is 17.5 Å². The van der Waals surface area contributed by atoms with Gasteiger partial charge in [-0.25, -0.2) is 4.39 Å².